The van der Waals surface area contributed by atoms with Crippen LogP contribution < -0.4 is 0 Å². The molecule has 1 rings (SSSR count). The van der Waals surface area contributed by atoms with Gasteiger partial charge in [0.1, 0.15) is 19.3 Å². The molecule has 0 aromatic carbocycles. The molecular formula is C9H8F9N3O. The van der Waals surface area contributed by atoms with Gasteiger partial charge in [-0.1, -0.05) is 0 Å². The van der Waals surface area contributed by atoms with E-state index in [1.54, 1.807) is 0 Å². The molecule has 0 aliphatic rings. The van der Waals surface area contributed by atoms with E-state index in [9.17, 15) is 39.5 Å². The van der Waals surface area contributed by atoms with Crippen LogP contribution in [0.3, 0.4) is 0 Å². The SMILES string of the molecule is CC(F)(F)COC(F)(F)C(F)(C(F)C(F)(F)F)n1cncn1. The first-order valence-corrected chi connectivity index (χ1v) is 5.36. The second kappa shape index (κ2) is 5.59. The van der Waals surface area contributed by atoms with Crippen molar-refractivity contribution in [2.45, 2.75) is 37.1 Å². The monoisotopic (exact) mass is 345 g/mol. The fraction of sp³-hybridized carbons (Fsp3) is 0.778. The van der Waals surface area contributed by atoms with Gasteiger partial charge in [-0.15, -0.1) is 0 Å². The van der Waals surface area contributed by atoms with E-state index < -0.39 is 41.5 Å². The summed E-state index contributed by atoms with van der Waals surface area (Å²) in [7, 11) is 0. The summed E-state index contributed by atoms with van der Waals surface area (Å²) in [4.78, 5) is 2.92. The Morgan fingerprint density at radius 2 is 1.64 bits per heavy atom. The van der Waals surface area contributed by atoms with Crippen molar-refractivity contribution < 1.29 is 44.3 Å². The summed E-state index contributed by atoms with van der Waals surface area (Å²) in [5.41, 5.74) is 0. The van der Waals surface area contributed by atoms with Crippen LogP contribution in [0, 0.1) is 0 Å². The minimum absolute atomic E-state index is 0.0275. The minimum Gasteiger partial charge on any atom is -0.310 e. The van der Waals surface area contributed by atoms with Crippen molar-refractivity contribution in [3.05, 3.63) is 12.7 Å². The third kappa shape index (κ3) is 3.62. The van der Waals surface area contributed by atoms with Crippen LogP contribution in [0.4, 0.5) is 39.5 Å². The predicted octanol–water partition coefficient (Wildman–Crippen LogP) is 3.07. The average molecular weight is 345 g/mol. The van der Waals surface area contributed by atoms with E-state index in [1.807, 2.05) is 0 Å². The fourth-order valence-corrected chi connectivity index (χ4v) is 1.31. The van der Waals surface area contributed by atoms with Crippen LogP contribution in [0.25, 0.3) is 0 Å². The Balaban J connectivity index is 3.26. The van der Waals surface area contributed by atoms with Gasteiger partial charge in [-0.3, -0.25) is 0 Å². The summed E-state index contributed by atoms with van der Waals surface area (Å²) in [6, 6.07) is 0. The number of halogens is 9. The lowest BCUT2D eigenvalue weighted by atomic mass is 10.1. The van der Waals surface area contributed by atoms with Gasteiger partial charge in [-0.05, 0) is 0 Å². The fourth-order valence-electron chi connectivity index (χ4n) is 1.31. The molecule has 2 unspecified atom stereocenters. The first-order valence-electron chi connectivity index (χ1n) is 5.36. The van der Waals surface area contributed by atoms with Gasteiger partial charge in [0.05, 0.1) is 0 Å². The van der Waals surface area contributed by atoms with Crippen LogP contribution in [0.1, 0.15) is 6.92 Å². The molecule has 128 valence electrons. The number of alkyl halides is 9. The summed E-state index contributed by atoms with van der Waals surface area (Å²) in [6.45, 7) is -2.06. The molecule has 0 spiro atoms. The van der Waals surface area contributed by atoms with Crippen molar-refractivity contribution in [1.29, 1.82) is 0 Å². The van der Waals surface area contributed by atoms with Crippen molar-refractivity contribution in [1.82, 2.24) is 14.8 Å². The third-order valence-electron chi connectivity index (χ3n) is 2.29. The van der Waals surface area contributed by atoms with Gasteiger partial charge in [0.2, 0.25) is 0 Å². The van der Waals surface area contributed by atoms with Gasteiger partial charge in [0.25, 0.3) is 12.1 Å². The largest absolute Gasteiger partial charge is 0.425 e. The molecule has 0 aliphatic heterocycles. The predicted molar refractivity (Wildman–Crippen MR) is 51.6 cm³/mol. The highest BCUT2D eigenvalue weighted by Gasteiger charge is 2.72. The van der Waals surface area contributed by atoms with E-state index in [1.165, 1.54) is 0 Å². The van der Waals surface area contributed by atoms with E-state index in [2.05, 4.69) is 14.8 Å². The Morgan fingerprint density at radius 1 is 1.09 bits per heavy atom. The average Bonchev–Trinajstić information content (AvgIpc) is 2.86. The molecule has 0 radical (unpaired) electrons. The maximum atomic E-state index is 14.2. The summed E-state index contributed by atoms with van der Waals surface area (Å²) < 4.78 is 119. The van der Waals surface area contributed by atoms with E-state index in [-0.39, 0.29) is 13.3 Å². The van der Waals surface area contributed by atoms with Crippen molar-refractivity contribution >= 4 is 0 Å². The van der Waals surface area contributed by atoms with Crippen molar-refractivity contribution in [2.24, 2.45) is 0 Å². The standard InChI is InChI=1S/C9H8F9N3O/c1-6(11,12)2-22-9(17,18)7(13,5(10)8(14,15)16)21-4-19-3-20-21/h3-5H,2H2,1H3. The molecule has 2 atom stereocenters. The minimum atomic E-state index is -6.08. The lowest BCUT2D eigenvalue weighted by Crippen LogP contribution is -2.59. The molecule has 0 amide bonds. The van der Waals surface area contributed by atoms with Crippen LogP contribution in [0.15, 0.2) is 12.7 Å². The number of nitrogens with zero attached hydrogens (tertiary/aromatic N) is 3. The van der Waals surface area contributed by atoms with E-state index >= 15 is 0 Å². The zero-order chi connectivity index (χ0) is 17.4. The Morgan fingerprint density at radius 3 is 2.00 bits per heavy atom. The lowest BCUT2D eigenvalue weighted by Gasteiger charge is -2.35. The zero-order valence-corrected chi connectivity index (χ0v) is 10.6. The summed E-state index contributed by atoms with van der Waals surface area (Å²) in [5, 5.41) is 2.68. The molecule has 0 fully saturated rings. The molecule has 0 bridgehead atoms. The molecule has 4 nitrogen and oxygen atoms in total. The topological polar surface area (TPSA) is 39.9 Å². The first-order chi connectivity index (χ1) is 9.72. The lowest BCUT2D eigenvalue weighted by molar-refractivity contribution is -0.387. The smallest absolute Gasteiger partial charge is 0.310 e. The summed E-state index contributed by atoms with van der Waals surface area (Å²) in [6.07, 6.45) is -16.1. The van der Waals surface area contributed by atoms with Crippen LogP contribution in [-0.2, 0) is 10.5 Å². The molecular weight excluding hydrogens is 337 g/mol. The zero-order valence-electron chi connectivity index (χ0n) is 10.6. The van der Waals surface area contributed by atoms with Gasteiger partial charge in [0.15, 0.2) is 0 Å². The Bertz CT molecular complexity index is 484. The van der Waals surface area contributed by atoms with E-state index in [0.29, 0.717) is 6.33 Å². The van der Waals surface area contributed by atoms with Crippen LogP contribution in [0.2, 0.25) is 0 Å². The molecule has 22 heavy (non-hydrogen) atoms. The molecule has 0 aliphatic carbocycles. The Hall–Kier alpha value is -1.53. The van der Waals surface area contributed by atoms with Gasteiger partial charge in [0, 0.05) is 6.92 Å². The Kier molecular flexibility index (Phi) is 4.71. The van der Waals surface area contributed by atoms with Gasteiger partial charge >= 0.3 is 18.1 Å². The van der Waals surface area contributed by atoms with Crippen LogP contribution in [-0.4, -0.2) is 45.8 Å². The molecule has 1 aromatic rings. The highest BCUT2D eigenvalue weighted by molar-refractivity contribution is 4.94. The maximum absolute atomic E-state index is 14.2. The number of rotatable bonds is 6. The number of ether oxygens (including phenoxy) is 1. The molecule has 1 heterocycles. The summed E-state index contributed by atoms with van der Waals surface area (Å²) in [5.74, 6) is -9.18. The van der Waals surface area contributed by atoms with Crippen molar-refractivity contribution in [3.8, 4) is 0 Å². The third-order valence-corrected chi connectivity index (χ3v) is 2.29. The van der Waals surface area contributed by atoms with E-state index in [0.717, 1.165) is 0 Å². The van der Waals surface area contributed by atoms with Crippen LogP contribution in [0.5, 0.6) is 0 Å². The van der Waals surface area contributed by atoms with Crippen molar-refractivity contribution in [3.63, 3.8) is 0 Å². The number of hydrogen-bond donors (Lipinski definition) is 0. The van der Waals surface area contributed by atoms with Gasteiger partial charge in [-0.2, -0.15) is 27.1 Å². The second-order valence-electron chi connectivity index (χ2n) is 4.29. The molecule has 1 aromatic heterocycles. The number of hydrogen-bond acceptors (Lipinski definition) is 3. The van der Waals surface area contributed by atoms with Gasteiger partial charge < -0.3 is 4.74 Å². The van der Waals surface area contributed by atoms with Crippen LogP contribution >= 0.6 is 0 Å². The maximum Gasteiger partial charge on any atom is 0.425 e. The molecule has 13 heteroatoms. The Labute approximate surface area is 116 Å². The van der Waals surface area contributed by atoms with Crippen molar-refractivity contribution in [2.75, 3.05) is 6.61 Å². The normalized spacial score (nSPS) is 18.1. The molecule has 0 saturated carbocycles. The summed E-state index contributed by atoms with van der Waals surface area (Å²) >= 11 is 0. The molecule has 0 saturated heterocycles. The molecule has 0 N–H and O–H groups in total. The highest BCUT2D eigenvalue weighted by atomic mass is 19.4. The quantitative estimate of drug-likeness (QED) is 0.744. The van der Waals surface area contributed by atoms with Gasteiger partial charge in [-0.25, -0.2) is 27.2 Å². The first kappa shape index (κ1) is 18.5. The van der Waals surface area contributed by atoms with E-state index in [4.69, 9.17) is 0 Å². The number of aromatic nitrogens is 3. The highest BCUT2D eigenvalue weighted by Crippen LogP contribution is 2.47. The second-order valence-corrected chi connectivity index (χ2v) is 4.29.